The molecule has 0 aliphatic heterocycles. The van der Waals surface area contributed by atoms with Crippen LogP contribution in [0.1, 0.15) is 133 Å². The van der Waals surface area contributed by atoms with Gasteiger partial charge in [0.15, 0.2) is 0 Å². The van der Waals surface area contributed by atoms with Gasteiger partial charge in [0.25, 0.3) is 0 Å². The Morgan fingerprint density at radius 2 is 1.50 bits per heavy atom. The van der Waals surface area contributed by atoms with Crippen molar-refractivity contribution < 1.29 is 14.3 Å². The van der Waals surface area contributed by atoms with Crippen molar-refractivity contribution in [2.45, 2.75) is 139 Å². The molecule has 5 aliphatic carbocycles. The lowest BCUT2D eigenvalue weighted by Crippen LogP contribution is -2.70. The second-order valence-corrected chi connectivity index (χ2v) is 16.5. The third kappa shape index (κ3) is 3.51. The van der Waals surface area contributed by atoms with E-state index in [1.807, 2.05) is 0 Å². The molecule has 3 nitrogen and oxygen atoms in total. The fourth-order valence-corrected chi connectivity index (χ4v) is 12.4. The van der Waals surface area contributed by atoms with Crippen LogP contribution in [0, 0.1) is 50.2 Å². The van der Waals surface area contributed by atoms with E-state index in [2.05, 4.69) is 55.4 Å². The minimum Gasteiger partial charge on any atom is -0.462 e. The molecule has 4 saturated carbocycles. The van der Waals surface area contributed by atoms with E-state index in [0.29, 0.717) is 24.2 Å². The minimum atomic E-state index is -0.150. The Bertz CT molecular complexity index is 1060. The van der Waals surface area contributed by atoms with Gasteiger partial charge in [-0.1, -0.05) is 66.5 Å². The topological polar surface area (TPSA) is 43.4 Å². The lowest BCUT2D eigenvalue weighted by atomic mass is 9.28. The van der Waals surface area contributed by atoms with E-state index in [1.54, 1.807) is 18.1 Å². The number of esters is 1. The van der Waals surface area contributed by atoms with Crippen molar-refractivity contribution in [2.24, 2.45) is 50.2 Å². The molecule has 0 bridgehead atoms. The molecular weight excluding hydrogens is 492 g/mol. The number of carbonyl (C=O) groups is 2. The molecule has 0 N–H and O–H groups in total. The van der Waals surface area contributed by atoms with Crippen LogP contribution in [0.25, 0.3) is 0 Å². The zero-order valence-electron chi connectivity index (χ0n) is 25.7. The lowest BCUT2D eigenvalue weighted by Gasteiger charge is -2.76. The third-order valence-electron chi connectivity index (χ3n) is 14.5. The van der Waals surface area contributed by atoms with Gasteiger partial charge in [0.1, 0.15) is 6.10 Å². The first-order valence-corrected chi connectivity index (χ1v) is 16.0. The second-order valence-electron chi connectivity index (χ2n) is 16.0. The second kappa shape index (κ2) is 8.83. The summed E-state index contributed by atoms with van der Waals surface area (Å²) >= 11 is 6.14. The van der Waals surface area contributed by atoms with Crippen molar-refractivity contribution in [3.05, 3.63) is 11.1 Å². The summed E-state index contributed by atoms with van der Waals surface area (Å²) in [7, 11) is 0. The molecule has 0 aromatic heterocycles. The predicted molar refractivity (Wildman–Crippen MR) is 155 cm³/mol. The maximum absolute atomic E-state index is 12.4. The Morgan fingerprint density at radius 3 is 2.11 bits per heavy atom. The fourth-order valence-electron chi connectivity index (χ4n) is 12.1. The van der Waals surface area contributed by atoms with Crippen molar-refractivity contribution >= 4 is 22.8 Å². The van der Waals surface area contributed by atoms with Gasteiger partial charge in [-0.15, -0.1) is 0 Å². The highest BCUT2D eigenvalue weighted by Crippen LogP contribution is 2.81. The molecular formula is C34H53ClO3. The summed E-state index contributed by atoms with van der Waals surface area (Å²) in [6.45, 7) is 21.6. The number of ether oxygens (including phenoxy) is 1. The highest BCUT2D eigenvalue weighted by atomic mass is 35.5. The number of fused-ring (bicyclic) bond motifs is 7. The van der Waals surface area contributed by atoms with Crippen molar-refractivity contribution in [3.8, 4) is 0 Å². The molecule has 38 heavy (non-hydrogen) atoms. The minimum absolute atomic E-state index is 0.00208. The van der Waals surface area contributed by atoms with Crippen LogP contribution in [0.4, 0.5) is 0 Å². The number of hydrogen-bond donors (Lipinski definition) is 0. The van der Waals surface area contributed by atoms with E-state index in [-0.39, 0.29) is 49.8 Å². The number of rotatable bonds is 4. The van der Waals surface area contributed by atoms with Crippen LogP contribution in [-0.2, 0) is 14.3 Å². The molecule has 0 aromatic rings. The Balaban J connectivity index is 1.58. The van der Waals surface area contributed by atoms with Gasteiger partial charge in [0, 0.05) is 24.2 Å². The summed E-state index contributed by atoms with van der Waals surface area (Å²) in [6.07, 6.45) is 12.1. The molecule has 4 fully saturated rings. The summed E-state index contributed by atoms with van der Waals surface area (Å²) in [5.41, 5.74) is 4.14. The van der Waals surface area contributed by atoms with E-state index in [9.17, 15) is 9.59 Å². The zero-order valence-corrected chi connectivity index (χ0v) is 26.4. The van der Waals surface area contributed by atoms with Crippen LogP contribution < -0.4 is 0 Å². The Labute approximate surface area is 237 Å². The summed E-state index contributed by atoms with van der Waals surface area (Å²) in [5.74, 6) is 1.49. The highest BCUT2D eigenvalue weighted by molar-refractivity contribution is 6.63. The number of allylic oxidation sites excluding steroid dienone is 2. The first kappa shape index (κ1) is 28.7. The van der Waals surface area contributed by atoms with E-state index in [0.717, 1.165) is 32.1 Å². The van der Waals surface area contributed by atoms with Crippen molar-refractivity contribution in [3.63, 3.8) is 0 Å². The summed E-state index contributed by atoms with van der Waals surface area (Å²) in [5, 5.41) is -0.150. The quantitative estimate of drug-likeness (QED) is 0.201. The molecule has 4 heteroatoms. The summed E-state index contributed by atoms with van der Waals surface area (Å²) < 4.78 is 5.94. The zero-order chi connectivity index (χ0) is 28.1. The van der Waals surface area contributed by atoms with Gasteiger partial charge in [-0.05, 0) is 115 Å². The molecule has 5 rings (SSSR count). The number of hydrogen-bond acceptors (Lipinski definition) is 3. The van der Waals surface area contributed by atoms with E-state index < -0.39 is 0 Å². The first-order chi connectivity index (χ1) is 17.5. The van der Waals surface area contributed by atoms with Crippen molar-refractivity contribution in [1.82, 2.24) is 0 Å². The number of carbonyl (C=O) groups excluding carboxylic acids is 2. The molecule has 0 aromatic carbocycles. The van der Waals surface area contributed by atoms with E-state index in [4.69, 9.17) is 16.3 Å². The third-order valence-corrected chi connectivity index (χ3v) is 14.7. The first-order valence-electron chi connectivity index (χ1n) is 15.6. The van der Waals surface area contributed by atoms with Crippen LogP contribution in [0.3, 0.4) is 0 Å². The molecule has 8 atom stereocenters. The largest absolute Gasteiger partial charge is 0.462 e. The molecule has 0 spiro atoms. The molecule has 5 aliphatic rings. The smallest absolute Gasteiger partial charge is 0.302 e. The van der Waals surface area contributed by atoms with Crippen LogP contribution in [0.2, 0.25) is 0 Å². The highest BCUT2D eigenvalue weighted by Gasteiger charge is 2.74. The maximum Gasteiger partial charge on any atom is 0.302 e. The Hall–Kier alpha value is -0.830. The molecule has 0 saturated heterocycles. The number of halogens is 1. The van der Waals surface area contributed by atoms with Crippen molar-refractivity contribution in [1.29, 1.82) is 0 Å². The Morgan fingerprint density at radius 1 is 0.868 bits per heavy atom. The van der Waals surface area contributed by atoms with Crippen LogP contribution in [-0.4, -0.2) is 17.3 Å². The van der Waals surface area contributed by atoms with Gasteiger partial charge in [-0.2, -0.15) is 0 Å². The molecule has 214 valence electrons. The average Bonchev–Trinajstić information content (AvgIpc) is 3.17. The lowest BCUT2D eigenvalue weighted by molar-refractivity contribution is -0.277. The van der Waals surface area contributed by atoms with Gasteiger partial charge in [0.2, 0.25) is 5.24 Å². The van der Waals surface area contributed by atoms with Gasteiger partial charge in [0.05, 0.1) is 0 Å². The SMILES string of the molecule is CC(=O)O[C@H]1CCC2(C)C(CC[C@]3(C)[C@]4(C)CCC5(CC(=O)Cl)CCC(C(C)C)=C5[C@H]4CC[C@]23C)C1(C)C. The summed E-state index contributed by atoms with van der Waals surface area (Å²) in [4.78, 5) is 24.4. The predicted octanol–water partition coefficient (Wildman–Crippen LogP) is 9.27. The molecule has 0 heterocycles. The monoisotopic (exact) mass is 544 g/mol. The van der Waals surface area contributed by atoms with Crippen molar-refractivity contribution in [2.75, 3.05) is 0 Å². The fraction of sp³-hybridized carbons (Fsp3) is 0.882. The van der Waals surface area contributed by atoms with Crippen LogP contribution in [0.5, 0.6) is 0 Å². The summed E-state index contributed by atoms with van der Waals surface area (Å²) in [6, 6.07) is 0. The van der Waals surface area contributed by atoms with Gasteiger partial charge in [-0.25, -0.2) is 0 Å². The van der Waals surface area contributed by atoms with Gasteiger partial charge in [-0.3, -0.25) is 9.59 Å². The Kier molecular flexibility index (Phi) is 6.67. The van der Waals surface area contributed by atoms with E-state index >= 15 is 0 Å². The maximum atomic E-state index is 12.4. The average molecular weight is 545 g/mol. The van der Waals surface area contributed by atoms with Gasteiger partial charge >= 0.3 is 5.97 Å². The van der Waals surface area contributed by atoms with Gasteiger partial charge < -0.3 is 4.74 Å². The molecule has 0 radical (unpaired) electrons. The molecule has 3 unspecified atom stereocenters. The molecule has 0 amide bonds. The normalized spacial score (nSPS) is 47.6. The standard InChI is InChI=1S/C34H53ClO3/c1-21(2)23-10-17-34(20-27(35)37)19-18-30(6)24(28(23)34)11-15-33(9)31(7)14-13-26(38-22(3)36)29(4,5)25(31)12-16-32(30,33)8/h21,24-26H,10-20H2,1-9H3/t24-,25?,26+,30-,31?,32-,33-,34?/m1/s1. The van der Waals surface area contributed by atoms with E-state index in [1.165, 1.54) is 32.1 Å². The van der Waals surface area contributed by atoms with Crippen LogP contribution in [0.15, 0.2) is 11.1 Å². The van der Waals surface area contributed by atoms with Crippen LogP contribution >= 0.6 is 11.6 Å².